The molecule has 0 spiro atoms. The van der Waals surface area contributed by atoms with E-state index in [1.54, 1.807) is 0 Å². The van der Waals surface area contributed by atoms with E-state index in [9.17, 15) is 13.2 Å². The van der Waals surface area contributed by atoms with Crippen LogP contribution in [-0.2, 0) is 6.42 Å². The molecule has 2 aromatic rings. The van der Waals surface area contributed by atoms with Gasteiger partial charge in [-0.1, -0.05) is 6.07 Å². The van der Waals surface area contributed by atoms with Gasteiger partial charge in [-0.25, -0.2) is 13.2 Å². The number of aromatic nitrogens is 1. The Hall–Kier alpha value is -1.92. The number of pyridine rings is 1. The number of rotatable bonds is 4. The number of nitrogens with two attached hydrogens (primary N) is 1. The Morgan fingerprint density at radius 1 is 1.11 bits per heavy atom. The minimum absolute atomic E-state index is 0.182. The second-order valence-corrected chi connectivity index (χ2v) is 4.06. The van der Waals surface area contributed by atoms with Crippen molar-refractivity contribution in [3.8, 4) is 0 Å². The molecule has 3 N–H and O–H groups in total. The van der Waals surface area contributed by atoms with Gasteiger partial charge >= 0.3 is 0 Å². The minimum Gasteiger partial charge on any atom is -0.271 e. The number of benzene rings is 1. The van der Waals surface area contributed by atoms with Crippen LogP contribution < -0.4 is 11.3 Å². The quantitative estimate of drug-likeness (QED) is 0.660. The molecular formula is C13H12F3N3. The Morgan fingerprint density at radius 2 is 1.84 bits per heavy atom. The van der Waals surface area contributed by atoms with Crippen molar-refractivity contribution in [3.05, 3.63) is 65.2 Å². The van der Waals surface area contributed by atoms with Gasteiger partial charge in [-0.15, -0.1) is 0 Å². The molecule has 0 aliphatic rings. The van der Waals surface area contributed by atoms with Gasteiger partial charge in [0.15, 0.2) is 0 Å². The topological polar surface area (TPSA) is 50.9 Å². The maximum absolute atomic E-state index is 13.5. The van der Waals surface area contributed by atoms with E-state index in [1.165, 1.54) is 24.3 Å². The maximum Gasteiger partial charge on any atom is 0.141 e. The summed E-state index contributed by atoms with van der Waals surface area (Å²) in [7, 11) is 0. The summed E-state index contributed by atoms with van der Waals surface area (Å²) in [5, 5.41) is 0. The Kier molecular flexibility index (Phi) is 4.13. The van der Waals surface area contributed by atoms with Gasteiger partial charge in [0.25, 0.3) is 0 Å². The first kappa shape index (κ1) is 13.5. The van der Waals surface area contributed by atoms with Gasteiger partial charge < -0.3 is 0 Å². The number of hydrogen-bond acceptors (Lipinski definition) is 3. The molecule has 0 radical (unpaired) electrons. The fourth-order valence-electron chi connectivity index (χ4n) is 1.75. The fourth-order valence-corrected chi connectivity index (χ4v) is 1.75. The van der Waals surface area contributed by atoms with Gasteiger partial charge in [0.2, 0.25) is 0 Å². The third-order valence-electron chi connectivity index (χ3n) is 2.75. The highest BCUT2D eigenvalue weighted by Crippen LogP contribution is 2.19. The van der Waals surface area contributed by atoms with Gasteiger partial charge in [0.05, 0.1) is 17.9 Å². The SMILES string of the molecule is NNC(Cc1ccc(F)cc1F)c1ccc(F)cn1. The van der Waals surface area contributed by atoms with Crippen molar-refractivity contribution >= 4 is 0 Å². The summed E-state index contributed by atoms with van der Waals surface area (Å²) >= 11 is 0. The fraction of sp³-hybridized carbons (Fsp3) is 0.154. The van der Waals surface area contributed by atoms with E-state index in [0.717, 1.165) is 12.3 Å². The lowest BCUT2D eigenvalue weighted by Gasteiger charge is -2.15. The van der Waals surface area contributed by atoms with E-state index in [-0.39, 0.29) is 6.42 Å². The zero-order valence-electron chi connectivity index (χ0n) is 9.91. The average molecular weight is 267 g/mol. The molecule has 0 bridgehead atoms. The van der Waals surface area contributed by atoms with Gasteiger partial charge in [-0.3, -0.25) is 16.3 Å². The zero-order chi connectivity index (χ0) is 13.8. The maximum atomic E-state index is 13.5. The zero-order valence-corrected chi connectivity index (χ0v) is 9.91. The van der Waals surface area contributed by atoms with Gasteiger partial charge in [-0.2, -0.15) is 0 Å². The summed E-state index contributed by atoms with van der Waals surface area (Å²) in [6.07, 6.45) is 1.24. The lowest BCUT2D eigenvalue weighted by atomic mass is 10.0. The smallest absolute Gasteiger partial charge is 0.141 e. The summed E-state index contributed by atoms with van der Waals surface area (Å²) in [6.45, 7) is 0. The number of hydrazine groups is 1. The molecule has 6 heteroatoms. The van der Waals surface area contributed by atoms with Crippen LogP contribution in [0.4, 0.5) is 13.2 Å². The predicted octanol–water partition coefficient (Wildman–Crippen LogP) is 2.25. The van der Waals surface area contributed by atoms with Crippen molar-refractivity contribution in [1.82, 2.24) is 10.4 Å². The lowest BCUT2D eigenvalue weighted by Crippen LogP contribution is -2.30. The van der Waals surface area contributed by atoms with Gasteiger partial charge in [-0.05, 0) is 30.2 Å². The molecular weight excluding hydrogens is 255 g/mol. The van der Waals surface area contributed by atoms with Crippen molar-refractivity contribution in [2.45, 2.75) is 12.5 Å². The second kappa shape index (κ2) is 5.81. The van der Waals surface area contributed by atoms with Crippen molar-refractivity contribution in [3.63, 3.8) is 0 Å². The summed E-state index contributed by atoms with van der Waals surface area (Å²) in [5.41, 5.74) is 3.26. The number of nitrogens with one attached hydrogen (secondary N) is 1. The van der Waals surface area contributed by atoms with Crippen LogP contribution in [0.25, 0.3) is 0 Å². The molecule has 0 fully saturated rings. The Morgan fingerprint density at radius 3 is 2.42 bits per heavy atom. The predicted molar refractivity (Wildman–Crippen MR) is 64.3 cm³/mol. The van der Waals surface area contributed by atoms with Crippen LogP contribution in [-0.4, -0.2) is 4.98 Å². The number of hydrogen-bond donors (Lipinski definition) is 2. The highest BCUT2D eigenvalue weighted by atomic mass is 19.1. The van der Waals surface area contributed by atoms with Crippen LogP contribution in [0.5, 0.6) is 0 Å². The largest absolute Gasteiger partial charge is 0.271 e. The minimum atomic E-state index is -0.651. The third-order valence-corrected chi connectivity index (χ3v) is 2.75. The molecule has 0 saturated heterocycles. The molecule has 1 aromatic heterocycles. The monoisotopic (exact) mass is 267 g/mol. The third kappa shape index (κ3) is 3.30. The van der Waals surface area contributed by atoms with E-state index < -0.39 is 23.5 Å². The molecule has 1 atom stereocenters. The van der Waals surface area contributed by atoms with Crippen molar-refractivity contribution < 1.29 is 13.2 Å². The van der Waals surface area contributed by atoms with Crippen LogP contribution in [0, 0.1) is 17.5 Å². The second-order valence-electron chi connectivity index (χ2n) is 4.06. The molecule has 19 heavy (non-hydrogen) atoms. The van der Waals surface area contributed by atoms with Crippen LogP contribution in [0.15, 0.2) is 36.5 Å². The molecule has 2 rings (SSSR count). The first-order valence-electron chi connectivity index (χ1n) is 5.61. The highest BCUT2D eigenvalue weighted by Gasteiger charge is 2.15. The molecule has 1 aromatic carbocycles. The first-order valence-corrected chi connectivity index (χ1v) is 5.61. The van der Waals surface area contributed by atoms with E-state index >= 15 is 0 Å². The molecule has 3 nitrogen and oxygen atoms in total. The van der Waals surface area contributed by atoms with Gasteiger partial charge in [0.1, 0.15) is 17.5 Å². The molecule has 0 aliphatic heterocycles. The summed E-state index contributed by atoms with van der Waals surface area (Å²) in [5.74, 6) is 3.63. The molecule has 1 heterocycles. The number of nitrogens with zero attached hydrogens (tertiary/aromatic N) is 1. The highest BCUT2D eigenvalue weighted by molar-refractivity contribution is 5.22. The molecule has 0 aliphatic carbocycles. The van der Waals surface area contributed by atoms with Gasteiger partial charge in [0, 0.05) is 6.07 Å². The van der Waals surface area contributed by atoms with E-state index in [2.05, 4.69) is 10.4 Å². The van der Waals surface area contributed by atoms with E-state index in [0.29, 0.717) is 11.3 Å². The Balaban J connectivity index is 2.21. The first-order chi connectivity index (χ1) is 9.10. The lowest BCUT2D eigenvalue weighted by molar-refractivity contribution is 0.510. The van der Waals surface area contributed by atoms with Crippen molar-refractivity contribution in [1.29, 1.82) is 0 Å². The molecule has 1 unspecified atom stereocenters. The van der Waals surface area contributed by atoms with E-state index in [1.807, 2.05) is 0 Å². The standard InChI is InChI=1S/C13H12F3N3/c14-9-2-1-8(11(16)6-9)5-13(19-17)12-4-3-10(15)7-18-12/h1-4,6-7,13,19H,5,17H2. The summed E-state index contributed by atoms with van der Waals surface area (Å²) < 4.78 is 39.1. The van der Waals surface area contributed by atoms with Crippen LogP contribution in [0.2, 0.25) is 0 Å². The molecule has 0 saturated carbocycles. The van der Waals surface area contributed by atoms with Crippen molar-refractivity contribution in [2.24, 2.45) is 5.84 Å². The van der Waals surface area contributed by atoms with Crippen LogP contribution in [0.1, 0.15) is 17.3 Å². The van der Waals surface area contributed by atoms with Crippen LogP contribution >= 0.6 is 0 Å². The van der Waals surface area contributed by atoms with Crippen LogP contribution in [0.3, 0.4) is 0 Å². The Bertz CT molecular complexity index is 558. The summed E-state index contributed by atoms with van der Waals surface area (Å²) in [4.78, 5) is 3.88. The van der Waals surface area contributed by atoms with E-state index in [4.69, 9.17) is 5.84 Å². The normalized spacial score (nSPS) is 12.4. The number of halogens is 3. The summed E-state index contributed by atoms with van der Waals surface area (Å²) in [6, 6.07) is 5.54. The Labute approximate surface area is 108 Å². The van der Waals surface area contributed by atoms with Crippen molar-refractivity contribution in [2.75, 3.05) is 0 Å². The molecule has 0 amide bonds. The molecule has 100 valence electrons. The average Bonchev–Trinajstić information content (AvgIpc) is 2.39.